The summed E-state index contributed by atoms with van der Waals surface area (Å²) in [4.78, 5) is 10.4. The summed E-state index contributed by atoms with van der Waals surface area (Å²) in [5, 5.41) is 0. The fraction of sp³-hybridized carbons (Fsp3) is 0.400. The second-order valence-corrected chi connectivity index (χ2v) is 4.06. The molecule has 0 aromatic carbocycles. The highest BCUT2D eigenvalue weighted by Gasteiger charge is 1.91. The lowest BCUT2D eigenvalue weighted by molar-refractivity contribution is -0.104. The number of rotatable bonds is 8. The normalized spacial score (nSPS) is 12.4. The summed E-state index contributed by atoms with van der Waals surface area (Å²) in [5.74, 6) is 0. The van der Waals surface area contributed by atoms with Crippen LogP contribution < -0.4 is 0 Å². The molecule has 0 unspecified atom stereocenters. The SMILES string of the molecule is C=CC(=C)CCC=C(C)CC/C=C(/C)C=O. The van der Waals surface area contributed by atoms with Gasteiger partial charge in [-0.25, -0.2) is 0 Å². The van der Waals surface area contributed by atoms with Gasteiger partial charge in [0.05, 0.1) is 0 Å². The van der Waals surface area contributed by atoms with E-state index >= 15 is 0 Å². The minimum atomic E-state index is 0.813. The Morgan fingerprint density at radius 3 is 2.31 bits per heavy atom. The fourth-order valence-corrected chi connectivity index (χ4v) is 1.28. The van der Waals surface area contributed by atoms with E-state index in [1.54, 1.807) is 6.08 Å². The van der Waals surface area contributed by atoms with Gasteiger partial charge in [0.25, 0.3) is 0 Å². The Labute approximate surface area is 99.3 Å². The molecule has 0 aromatic rings. The van der Waals surface area contributed by atoms with E-state index in [9.17, 15) is 4.79 Å². The van der Waals surface area contributed by atoms with Crippen molar-refractivity contribution in [2.24, 2.45) is 0 Å². The van der Waals surface area contributed by atoms with Crippen molar-refractivity contribution in [2.45, 2.75) is 39.5 Å². The molecular weight excluding hydrogens is 196 g/mol. The predicted molar refractivity (Wildman–Crippen MR) is 71.4 cm³/mol. The number of hydrogen-bond acceptors (Lipinski definition) is 1. The Morgan fingerprint density at radius 2 is 1.75 bits per heavy atom. The molecule has 0 bridgehead atoms. The number of carbonyl (C=O) groups is 1. The van der Waals surface area contributed by atoms with Crippen LogP contribution in [0.4, 0.5) is 0 Å². The van der Waals surface area contributed by atoms with Gasteiger partial charge in [-0.2, -0.15) is 0 Å². The summed E-state index contributed by atoms with van der Waals surface area (Å²) in [6.45, 7) is 11.5. The third kappa shape index (κ3) is 7.98. The Morgan fingerprint density at radius 1 is 1.12 bits per heavy atom. The zero-order valence-electron chi connectivity index (χ0n) is 10.5. The van der Waals surface area contributed by atoms with E-state index in [-0.39, 0.29) is 0 Å². The van der Waals surface area contributed by atoms with E-state index in [0.29, 0.717) is 0 Å². The van der Waals surface area contributed by atoms with Crippen LogP contribution in [-0.4, -0.2) is 6.29 Å². The van der Waals surface area contributed by atoms with Gasteiger partial charge in [-0.1, -0.05) is 42.5 Å². The molecule has 0 fully saturated rings. The van der Waals surface area contributed by atoms with Gasteiger partial charge in [0.15, 0.2) is 0 Å². The number of carbonyl (C=O) groups excluding carboxylic acids is 1. The first-order valence-corrected chi connectivity index (χ1v) is 5.68. The lowest BCUT2D eigenvalue weighted by atomic mass is 10.1. The van der Waals surface area contributed by atoms with Gasteiger partial charge >= 0.3 is 0 Å². The molecule has 88 valence electrons. The molecule has 0 spiro atoms. The highest BCUT2D eigenvalue weighted by molar-refractivity contribution is 5.71. The highest BCUT2D eigenvalue weighted by atomic mass is 16.1. The maximum atomic E-state index is 10.4. The Kier molecular flexibility index (Phi) is 8.14. The molecule has 0 saturated carbocycles. The monoisotopic (exact) mass is 218 g/mol. The van der Waals surface area contributed by atoms with Crippen LogP contribution in [-0.2, 0) is 4.79 Å². The number of hydrogen-bond donors (Lipinski definition) is 0. The molecule has 0 heterocycles. The van der Waals surface area contributed by atoms with Gasteiger partial charge in [0.2, 0.25) is 0 Å². The molecule has 0 aliphatic rings. The predicted octanol–water partition coefficient (Wildman–Crippen LogP) is 4.38. The van der Waals surface area contributed by atoms with E-state index < -0.39 is 0 Å². The van der Waals surface area contributed by atoms with E-state index in [2.05, 4.69) is 26.2 Å². The van der Waals surface area contributed by atoms with Crippen LogP contribution >= 0.6 is 0 Å². The van der Waals surface area contributed by atoms with Gasteiger partial charge in [0, 0.05) is 0 Å². The molecule has 0 aromatic heterocycles. The van der Waals surface area contributed by atoms with Crippen molar-refractivity contribution < 1.29 is 4.79 Å². The Hall–Kier alpha value is -1.37. The third-order valence-corrected chi connectivity index (χ3v) is 2.44. The summed E-state index contributed by atoms with van der Waals surface area (Å²) in [7, 11) is 0. The van der Waals surface area contributed by atoms with E-state index in [4.69, 9.17) is 0 Å². The minimum Gasteiger partial charge on any atom is -0.298 e. The fourth-order valence-electron chi connectivity index (χ4n) is 1.28. The van der Waals surface area contributed by atoms with Crippen LogP contribution in [0.15, 0.2) is 48.1 Å². The quantitative estimate of drug-likeness (QED) is 0.256. The van der Waals surface area contributed by atoms with Crippen LogP contribution in [0.2, 0.25) is 0 Å². The molecule has 0 rings (SSSR count). The third-order valence-electron chi connectivity index (χ3n) is 2.44. The van der Waals surface area contributed by atoms with Gasteiger partial charge in [-0.05, 0) is 45.1 Å². The van der Waals surface area contributed by atoms with Crippen LogP contribution in [0.25, 0.3) is 0 Å². The molecule has 0 radical (unpaired) electrons. The minimum absolute atomic E-state index is 0.813. The van der Waals surface area contributed by atoms with Gasteiger partial charge < -0.3 is 0 Å². The van der Waals surface area contributed by atoms with Gasteiger partial charge in [-0.15, -0.1) is 0 Å². The number of aldehydes is 1. The molecule has 1 heteroatoms. The maximum Gasteiger partial charge on any atom is 0.145 e. The summed E-state index contributed by atoms with van der Waals surface area (Å²) in [5.41, 5.74) is 3.26. The average Bonchev–Trinajstić information content (AvgIpc) is 2.28. The van der Waals surface area contributed by atoms with E-state index in [1.807, 2.05) is 13.0 Å². The summed E-state index contributed by atoms with van der Waals surface area (Å²) in [6.07, 6.45) is 10.9. The van der Waals surface area contributed by atoms with Crippen LogP contribution in [0.5, 0.6) is 0 Å². The van der Waals surface area contributed by atoms with Crippen molar-refractivity contribution in [3.05, 3.63) is 48.1 Å². The van der Waals surface area contributed by atoms with Crippen LogP contribution in [0.1, 0.15) is 39.5 Å². The molecule has 0 amide bonds. The van der Waals surface area contributed by atoms with Crippen LogP contribution in [0, 0.1) is 0 Å². The first-order valence-electron chi connectivity index (χ1n) is 5.68. The average molecular weight is 218 g/mol. The second kappa shape index (κ2) is 8.90. The zero-order valence-corrected chi connectivity index (χ0v) is 10.5. The molecule has 1 nitrogen and oxygen atoms in total. The smallest absolute Gasteiger partial charge is 0.145 e. The number of allylic oxidation sites excluding steroid dienone is 6. The van der Waals surface area contributed by atoms with Crippen molar-refractivity contribution in [1.82, 2.24) is 0 Å². The van der Waals surface area contributed by atoms with Crippen molar-refractivity contribution in [2.75, 3.05) is 0 Å². The van der Waals surface area contributed by atoms with E-state index in [1.165, 1.54) is 5.57 Å². The van der Waals surface area contributed by atoms with Crippen molar-refractivity contribution >= 4 is 6.29 Å². The molecule has 0 saturated heterocycles. The lowest BCUT2D eigenvalue weighted by Gasteiger charge is -1.99. The Bertz CT molecular complexity index is 305. The summed E-state index contributed by atoms with van der Waals surface area (Å²) < 4.78 is 0. The first-order chi connectivity index (χ1) is 7.60. The summed E-state index contributed by atoms with van der Waals surface area (Å²) in [6, 6.07) is 0. The lowest BCUT2D eigenvalue weighted by Crippen LogP contribution is -1.81. The van der Waals surface area contributed by atoms with Crippen molar-refractivity contribution in [3.8, 4) is 0 Å². The highest BCUT2D eigenvalue weighted by Crippen LogP contribution is 2.10. The molecule has 0 N–H and O–H groups in total. The molecule has 0 atom stereocenters. The largest absolute Gasteiger partial charge is 0.298 e. The van der Waals surface area contributed by atoms with Crippen LogP contribution in [0.3, 0.4) is 0 Å². The van der Waals surface area contributed by atoms with Gasteiger partial charge in [0.1, 0.15) is 6.29 Å². The first kappa shape index (κ1) is 14.6. The molecule has 0 aliphatic carbocycles. The zero-order chi connectivity index (χ0) is 12.4. The topological polar surface area (TPSA) is 17.1 Å². The van der Waals surface area contributed by atoms with Crippen molar-refractivity contribution in [1.29, 1.82) is 0 Å². The van der Waals surface area contributed by atoms with E-state index in [0.717, 1.165) is 43.1 Å². The van der Waals surface area contributed by atoms with Gasteiger partial charge in [-0.3, -0.25) is 4.79 Å². The Balaban J connectivity index is 3.83. The summed E-state index contributed by atoms with van der Waals surface area (Å²) >= 11 is 0. The second-order valence-electron chi connectivity index (χ2n) is 4.06. The molecule has 16 heavy (non-hydrogen) atoms. The molecule has 0 aliphatic heterocycles. The van der Waals surface area contributed by atoms with Crippen molar-refractivity contribution in [3.63, 3.8) is 0 Å². The standard InChI is InChI=1S/C15H22O/c1-5-13(2)8-6-9-14(3)10-7-11-15(4)12-16/h5,9,11-12H,1-2,6-8,10H2,3-4H3/b14-9?,15-11-. The maximum absolute atomic E-state index is 10.4. The molecular formula is C15H22O.